The molecule has 1 atom stereocenters. The maximum Gasteiger partial charge on any atom is 0.407 e. The van der Waals surface area contributed by atoms with Gasteiger partial charge in [0, 0.05) is 12.5 Å². The Morgan fingerprint density at radius 3 is 2.35 bits per heavy atom. The number of ether oxygens (including phenoxy) is 2. The van der Waals surface area contributed by atoms with Crippen molar-refractivity contribution in [3.63, 3.8) is 0 Å². The first kappa shape index (κ1) is 15.4. The van der Waals surface area contributed by atoms with E-state index in [1.807, 2.05) is 0 Å². The zero-order valence-electron chi connectivity index (χ0n) is 10.6. The van der Waals surface area contributed by atoms with E-state index in [0.29, 0.717) is 6.29 Å². The lowest BCUT2D eigenvalue weighted by molar-refractivity contribution is -0.141. The minimum absolute atomic E-state index is 0.0361. The van der Waals surface area contributed by atoms with Crippen LogP contribution in [0.25, 0.3) is 0 Å². The van der Waals surface area contributed by atoms with Crippen LogP contribution in [0.1, 0.15) is 33.6 Å². The number of alkyl carbamates (subject to hydrolysis) is 1. The molecule has 0 saturated carbocycles. The van der Waals surface area contributed by atoms with Gasteiger partial charge in [0.2, 0.25) is 0 Å². The predicted molar refractivity (Wildman–Crippen MR) is 60.5 cm³/mol. The molecule has 0 aromatic heterocycles. The average molecular weight is 245 g/mol. The minimum atomic E-state index is -0.659. The van der Waals surface area contributed by atoms with Crippen LogP contribution in [0.2, 0.25) is 0 Å². The summed E-state index contributed by atoms with van der Waals surface area (Å²) in [6.07, 6.45) is -0.0541. The van der Waals surface area contributed by atoms with E-state index in [0.717, 1.165) is 0 Å². The van der Waals surface area contributed by atoms with Gasteiger partial charge in [-0.1, -0.05) is 0 Å². The number of amides is 1. The summed E-state index contributed by atoms with van der Waals surface area (Å²) in [6, 6.07) is -0.602. The van der Waals surface area contributed by atoms with E-state index in [9.17, 15) is 14.4 Å². The summed E-state index contributed by atoms with van der Waals surface area (Å²) in [6.45, 7) is 5.17. The van der Waals surface area contributed by atoms with Crippen LogP contribution in [-0.2, 0) is 19.1 Å². The van der Waals surface area contributed by atoms with Crippen molar-refractivity contribution in [1.29, 1.82) is 0 Å². The van der Waals surface area contributed by atoms with Crippen LogP contribution in [0.5, 0.6) is 0 Å². The molecule has 0 rings (SSSR count). The first-order valence-electron chi connectivity index (χ1n) is 5.28. The Morgan fingerprint density at radius 2 is 1.94 bits per heavy atom. The van der Waals surface area contributed by atoms with Gasteiger partial charge in [-0.05, 0) is 20.8 Å². The third-order valence-corrected chi connectivity index (χ3v) is 1.74. The van der Waals surface area contributed by atoms with Crippen LogP contribution in [0, 0.1) is 0 Å². The van der Waals surface area contributed by atoms with Crippen molar-refractivity contribution >= 4 is 18.3 Å². The fourth-order valence-electron chi connectivity index (χ4n) is 1.07. The molecule has 6 heteroatoms. The summed E-state index contributed by atoms with van der Waals surface area (Å²) in [5.74, 6) is -0.493. The molecule has 1 unspecified atom stereocenters. The third-order valence-electron chi connectivity index (χ3n) is 1.74. The van der Waals surface area contributed by atoms with Gasteiger partial charge in [0.15, 0.2) is 0 Å². The molecule has 0 aliphatic rings. The van der Waals surface area contributed by atoms with Gasteiger partial charge in [-0.2, -0.15) is 0 Å². The minimum Gasteiger partial charge on any atom is -0.469 e. The Bertz CT molecular complexity index is 282. The summed E-state index contributed by atoms with van der Waals surface area (Å²) in [4.78, 5) is 32.9. The highest BCUT2D eigenvalue weighted by atomic mass is 16.6. The lowest BCUT2D eigenvalue weighted by atomic mass is 10.1. The van der Waals surface area contributed by atoms with E-state index in [2.05, 4.69) is 10.1 Å². The van der Waals surface area contributed by atoms with E-state index in [1.165, 1.54) is 7.11 Å². The van der Waals surface area contributed by atoms with Gasteiger partial charge in [-0.15, -0.1) is 0 Å². The van der Waals surface area contributed by atoms with Crippen molar-refractivity contribution in [2.24, 2.45) is 0 Å². The zero-order chi connectivity index (χ0) is 13.5. The Morgan fingerprint density at radius 1 is 1.35 bits per heavy atom. The molecule has 1 amide bonds. The molecule has 1 N–H and O–H groups in total. The molecule has 0 aromatic carbocycles. The molecule has 0 saturated heterocycles. The summed E-state index contributed by atoms with van der Waals surface area (Å²) in [5, 5.41) is 2.45. The van der Waals surface area contributed by atoms with Crippen molar-refractivity contribution in [1.82, 2.24) is 5.32 Å². The predicted octanol–water partition coefficient (Wildman–Crippen LogP) is 1.03. The second-order valence-corrected chi connectivity index (χ2v) is 4.53. The average Bonchev–Trinajstić information content (AvgIpc) is 2.14. The van der Waals surface area contributed by atoms with Crippen LogP contribution >= 0.6 is 0 Å². The van der Waals surface area contributed by atoms with Crippen molar-refractivity contribution in [3.05, 3.63) is 0 Å². The highest BCUT2D eigenvalue weighted by Gasteiger charge is 2.21. The number of esters is 1. The van der Waals surface area contributed by atoms with Gasteiger partial charge < -0.3 is 19.6 Å². The first-order chi connectivity index (χ1) is 7.78. The Kier molecular flexibility index (Phi) is 6.23. The SMILES string of the molecule is COC(=O)CC(CC=O)NC(=O)OC(C)(C)C. The van der Waals surface area contributed by atoms with E-state index < -0.39 is 23.7 Å². The smallest absolute Gasteiger partial charge is 0.407 e. The van der Waals surface area contributed by atoms with Crippen molar-refractivity contribution in [3.8, 4) is 0 Å². The maximum atomic E-state index is 11.4. The Labute approximate surface area is 101 Å². The lowest BCUT2D eigenvalue weighted by Gasteiger charge is -2.22. The van der Waals surface area contributed by atoms with Gasteiger partial charge in [0.1, 0.15) is 11.9 Å². The summed E-state index contributed by atoms with van der Waals surface area (Å²) < 4.78 is 9.47. The molecule has 17 heavy (non-hydrogen) atoms. The summed E-state index contributed by atoms with van der Waals surface area (Å²) >= 11 is 0. The van der Waals surface area contributed by atoms with Crippen LogP contribution < -0.4 is 5.32 Å². The van der Waals surface area contributed by atoms with Crippen LogP contribution in [0.15, 0.2) is 0 Å². The van der Waals surface area contributed by atoms with Gasteiger partial charge >= 0.3 is 12.1 Å². The number of hydrogen-bond acceptors (Lipinski definition) is 5. The van der Waals surface area contributed by atoms with Crippen molar-refractivity contribution in [2.45, 2.75) is 45.3 Å². The third kappa shape index (κ3) is 8.24. The molecule has 0 spiro atoms. The van der Waals surface area contributed by atoms with E-state index in [-0.39, 0.29) is 12.8 Å². The molecule has 6 nitrogen and oxygen atoms in total. The monoisotopic (exact) mass is 245 g/mol. The maximum absolute atomic E-state index is 11.4. The van der Waals surface area contributed by atoms with Gasteiger partial charge in [0.05, 0.1) is 13.5 Å². The van der Waals surface area contributed by atoms with Crippen LogP contribution in [0.4, 0.5) is 4.79 Å². The number of methoxy groups -OCH3 is 1. The lowest BCUT2D eigenvalue weighted by Crippen LogP contribution is -2.40. The molecule has 98 valence electrons. The summed E-state index contributed by atoms with van der Waals surface area (Å²) in [7, 11) is 1.24. The number of carbonyl (C=O) groups excluding carboxylic acids is 3. The van der Waals surface area contributed by atoms with Gasteiger partial charge in [-0.25, -0.2) is 4.79 Å². The Balaban J connectivity index is 4.29. The highest BCUT2D eigenvalue weighted by Crippen LogP contribution is 2.08. The second-order valence-electron chi connectivity index (χ2n) is 4.53. The Hall–Kier alpha value is -1.59. The highest BCUT2D eigenvalue weighted by molar-refractivity contribution is 5.73. The summed E-state index contributed by atoms with van der Waals surface area (Å²) in [5.41, 5.74) is -0.624. The fourth-order valence-corrected chi connectivity index (χ4v) is 1.07. The molecular weight excluding hydrogens is 226 g/mol. The fraction of sp³-hybridized carbons (Fsp3) is 0.727. The first-order valence-corrected chi connectivity index (χ1v) is 5.28. The van der Waals surface area contributed by atoms with Crippen LogP contribution in [0.3, 0.4) is 0 Å². The molecule has 0 fully saturated rings. The largest absolute Gasteiger partial charge is 0.469 e. The normalized spacial score (nSPS) is 12.5. The number of carbonyl (C=O) groups is 3. The zero-order valence-corrected chi connectivity index (χ0v) is 10.6. The van der Waals surface area contributed by atoms with E-state index in [1.54, 1.807) is 20.8 Å². The number of aldehydes is 1. The molecule has 0 aliphatic carbocycles. The van der Waals surface area contributed by atoms with Gasteiger partial charge in [-0.3, -0.25) is 4.79 Å². The topological polar surface area (TPSA) is 81.7 Å². The molecular formula is C11H19NO5. The quantitative estimate of drug-likeness (QED) is 0.578. The second kappa shape index (κ2) is 6.88. The number of hydrogen-bond donors (Lipinski definition) is 1. The van der Waals surface area contributed by atoms with Gasteiger partial charge in [0.25, 0.3) is 0 Å². The van der Waals surface area contributed by atoms with Crippen LogP contribution in [-0.4, -0.2) is 37.1 Å². The van der Waals surface area contributed by atoms with E-state index in [4.69, 9.17) is 4.74 Å². The number of rotatable bonds is 5. The standard InChI is InChI=1S/C11H19NO5/c1-11(2,3)17-10(15)12-8(5-6-13)7-9(14)16-4/h6,8H,5,7H2,1-4H3,(H,12,15). The molecule has 0 aliphatic heterocycles. The van der Waals surface area contributed by atoms with E-state index >= 15 is 0 Å². The van der Waals surface area contributed by atoms with Crippen molar-refractivity contribution in [2.75, 3.05) is 7.11 Å². The molecule has 0 aromatic rings. The molecule has 0 radical (unpaired) electrons. The van der Waals surface area contributed by atoms with Crippen molar-refractivity contribution < 1.29 is 23.9 Å². The molecule has 0 heterocycles. The number of nitrogens with one attached hydrogen (secondary N) is 1. The molecule has 0 bridgehead atoms.